The first-order chi connectivity index (χ1) is 11.9. The van der Waals surface area contributed by atoms with E-state index in [0.29, 0.717) is 0 Å². The third-order valence-electron chi connectivity index (χ3n) is 3.76. The van der Waals surface area contributed by atoms with E-state index in [9.17, 15) is 4.79 Å². The summed E-state index contributed by atoms with van der Waals surface area (Å²) in [6.45, 7) is 2.99. The van der Waals surface area contributed by atoms with Gasteiger partial charge in [0.2, 0.25) is 0 Å². The number of anilines is 2. The van der Waals surface area contributed by atoms with Crippen molar-refractivity contribution >= 4 is 55.8 Å². The van der Waals surface area contributed by atoms with Crippen molar-refractivity contribution in [2.75, 3.05) is 11.5 Å². The Hall–Kier alpha value is -2.32. The monoisotopic (exact) mass is 422 g/mol. The number of nitrogens with one attached hydrogen (secondary N) is 1. The number of aromatic nitrogens is 3. The molecule has 0 spiro atoms. The molecule has 0 bridgehead atoms. The summed E-state index contributed by atoms with van der Waals surface area (Å²) in [5, 5.41) is 2.82. The van der Waals surface area contributed by atoms with Crippen LogP contribution in [0, 0.1) is 0 Å². The molecule has 2 aromatic heterocycles. The number of nitrogen functional groups attached to an aromatic ring is 2. The maximum absolute atomic E-state index is 12.4. The molecule has 25 heavy (non-hydrogen) atoms. The smallest absolute Gasteiger partial charge is 0.272 e. The first-order valence-corrected chi connectivity index (χ1v) is 8.72. The van der Waals surface area contributed by atoms with Crippen molar-refractivity contribution in [3.8, 4) is 0 Å². The van der Waals surface area contributed by atoms with E-state index in [1.807, 2.05) is 29.7 Å². The van der Waals surface area contributed by atoms with Crippen molar-refractivity contribution in [3.63, 3.8) is 0 Å². The zero-order chi connectivity index (χ0) is 18.1. The summed E-state index contributed by atoms with van der Waals surface area (Å²) in [6.07, 6.45) is 0. The van der Waals surface area contributed by atoms with E-state index in [1.165, 1.54) is 6.07 Å². The van der Waals surface area contributed by atoms with Crippen molar-refractivity contribution in [1.82, 2.24) is 19.9 Å². The van der Waals surface area contributed by atoms with Crippen LogP contribution in [0.25, 0.3) is 11.0 Å². The highest BCUT2D eigenvalue weighted by molar-refractivity contribution is 9.10. The standard InChI is InChI=1S/C16H16BrClN6O/c1-2-24-12-5-8(17)3-4-11(12)22-13(24)7-21-16(25)14-9(19)6-10(20)15(18)23-14/h3-6H,2,7,19-20H2,1H3,(H,21,25). The Bertz CT molecular complexity index is 971. The lowest BCUT2D eigenvalue weighted by atomic mass is 10.2. The molecule has 2 heterocycles. The molecule has 0 unspecified atom stereocenters. The Morgan fingerprint density at radius 1 is 1.28 bits per heavy atom. The third kappa shape index (κ3) is 3.40. The molecule has 0 saturated heterocycles. The third-order valence-corrected chi connectivity index (χ3v) is 4.56. The largest absolute Gasteiger partial charge is 0.397 e. The number of amides is 1. The highest BCUT2D eigenvalue weighted by Gasteiger charge is 2.16. The number of halogens is 2. The van der Waals surface area contributed by atoms with Crippen molar-refractivity contribution in [2.24, 2.45) is 0 Å². The fourth-order valence-electron chi connectivity index (χ4n) is 2.58. The lowest BCUT2D eigenvalue weighted by Crippen LogP contribution is -2.26. The maximum atomic E-state index is 12.4. The SMILES string of the molecule is CCn1c(CNC(=O)c2nc(Cl)c(N)cc2N)nc2ccc(Br)cc21. The van der Waals surface area contributed by atoms with E-state index in [1.54, 1.807) is 0 Å². The number of fused-ring (bicyclic) bond motifs is 1. The van der Waals surface area contributed by atoms with Gasteiger partial charge in [-0.25, -0.2) is 9.97 Å². The van der Waals surface area contributed by atoms with Crippen LogP contribution in [-0.4, -0.2) is 20.4 Å². The first-order valence-electron chi connectivity index (χ1n) is 7.55. The predicted molar refractivity (Wildman–Crippen MR) is 102 cm³/mol. The van der Waals surface area contributed by atoms with Crippen LogP contribution < -0.4 is 16.8 Å². The van der Waals surface area contributed by atoms with E-state index in [0.717, 1.165) is 27.9 Å². The van der Waals surface area contributed by atoms with Gasteiger partial charge in [-0.15, -0.1) is 0 Å². The van der Waals surface area contributed by atoms with Crippen LogP contribution in [0.4, 0.5) is 11.4 Å². The first kappa shape index (κ1) is 17.5. The zero-order valence-corrected chi connectivity index (χ0v) is 15.7. The van der Waals surface area contributed by atoms with Gasteiger partial charge in [0.15, 0.2) is 10.8 Å². The number of hydrogen-bond donors (Lipinski definition) is 3. The molecular formula is C16H16BrClN6O. The van der Waals surface area contributed by atoms with Gasteiger partial charge < -0.3 is 21.4 Å². The number of carbonyl (C=O) groups excluding carboxylic acids is 1. The maximum Gasteiger partial charge on any atom is 0.272 e. The second-order valence-electron chi connectivity index (χ2n) is 5.39. The number of nitrogens with zero attached hydrogens (tertiary/aromatic N) is 3. The van der Waals surface area contributed by atoms with Gasteiger partial charge in [0.1, 0.15) is 5.82 Å². The molecule has 0 aliphatic carbocycles. The molecule has 1 aromatic carbocycles. The van der Waals surface area contributed by atoms with Crippen LogP contribution >= 0.6 is 27.5 Å². The molecule has 5 N–H and O–H groups in total. The minimum Gasteiger partial charge on any atom is -0.397 e. The van der Waals surface area contributed by atoms with Crippen LogP contribution in [-0.2, 0) is 13.1 Å². The molecule has 0 aliphatic rings. The van der Waals surface area contributed by atoms with Gasteiger partial charge >= 0.3 is 0 Å². The van der Waals surface area contributed by atoms with Gasteiger partial charge in [-0.1, -0.05) is 27.5 Å². The number of aryl methyl sites for hydroxylation is 1. The number of nitrogens with two attached hydrogens (primary N) is 2. The van der Waals surface area contributed by atoms with Crippen LogP contribution in [0.1, 0.15) is 23.2 Å². The normalized spacial score (nSPS) is 11.0. The van der Waals surface area contributed by atoms with E-state index in [2.05, 4.69) is 31.2 Å². The summed E-state index contributed by atoms with van der Waals surface area (Å²) < 4.78 is 3.01. The van der Waals surface area contributed by atoms with Crippen molar-refractivity contribution in [1.29, 1.82) is 0 Å². The molecule has 0 saturated carbocycles. The van der Waals surface area contributed by atoms with E-state index < -0.39 is 5.91 Å². The van der Waals surface area contributed by atoms with Gasteiger partial charge in [-0.2, -0.15) is 0 Å². The summed E-state index contributed by atoms with van der Waals surface area (Å²) >= 11 is 9.33. The van der Waals surface area contributed by atoms with Crippen LogP contribution in [0.3, 0.4) is 0 Å². The fourth-order valence-corrected chi connectivity index (χ4v) is 3.07. The minimum absolute atomic E-state index is 0.0427. The zero-order valence-electron chi connectivity index (χ0n) is 13.4. The molecule has 3 aromatic rings. The number of imidazole rings is 1. The Labute approximate surface area is 157 Å². The van der Waals surface area contributed by atoms with E-state index >= 15 is 0 Å². The molecule has 0 aliphatic heterocycles. The van der Waals surface area contributed by atoms with E-state index in [4.69, 9.17) is 23.1 Å². The second-order valence-corrected chi connectivity index (χ2v) is 6.67. The second kappa shape index (κ2) is 6.89. The molecule has 0 atom stereocenters. The number of hydrogen-bond acceptors (Lipinski definition) is 5. The highest BCUT2D eigenvalue weighted by atomic mass is 79.9. The molecule has 130 valence electrons. The fraction of sp³-hybridized carbons (Fsp3) is 0.188. The molecule has 1 amide bonds. The van der Waals surface area contributed by atoms with Gasteiger partial charge in [0.05, 0.1) is 29.0 Å². The lowest BCUT2D eigenvalue weighted by molar-refractivity contribution is 0.0945. The minimum atomic E-state index is -0.435. The number of carbonyl (C=O) groups is 1. The summed E-state index contributed by atoms with van der Waals surface area (Å²) in [4.78, 5) is 20.9. The van der Waals surface area contributed by atoms with Crippen molar-refractivity contribution in [3.05, 3.63) is 45.4 Å². The molecule has 3 rings (SSSR count). The summed E-state index contributed by atoms with van der Waals surface area (Å²) in [6, 6.07) is 7.27. The van der Waals surface area contributed by atoms with Gasteiger partial charge in [0, 0.05) is 11.0 Å². The Morgan fingerprint density at radius 2 is 2.04 bits per heavy atom. The van der Waals surface area contributed by atoms with Crippen molar-refractivity contribution in [2.45, 2.75) is 20.0 Å². The quantitative estimate of drug-likeness (QED) is 0.559. The topological polar surface area (TPSA) is 112 Å². The Balaban J connectivity index is 1.85. The summed E-state index contributed by atoms with van der Waals surface area (Å²) in [5.41, 5.74) is 13.7. The predicted octanol–water partition coefficient (Wildman–Crippen LogP) is 2.96. The van der Waals surface area contributed by atoms with Gasteiger partial charge in [0.25, 0.3) is 5.91 Å². The molecule has 7 nitrogen and oxygen atoms in total. The number of benzene rings is 1. The average molecular weight is 424 g/mol. The molecular weight excluding hydrogens is 408 g/mol. The average Bonchev–Trinajstić information content (AvgIpc) is 2.92. The Morgan fingerprint density at radius 3 is 2.76 bits per heavy atom. The molecule has 0 fully saturated rings. The van der Waals surface area contributed by atoms with Crippen LogP contribution in [0.5, 0.6) is 0 Å². The molecule has 9 heteroatoms. The number of rotatable bonds is 4. The van der Waals surface area contributed by atoms with Gasteiger partial charge in [-0.3, -0.25) is 4.79 Å². The molecule has 0 radical (unpaired) electrons. The summed E-state index contributed by atoms with van der Waals surface area (Å²) in [7, 11) is 0. The Kier molecular flexibility index (Phi) is 4.82. The van der Waals surface area contributed by atoms with Crippen LogP contribution in [0.2, 0.25) is 5.15 Å². The van der Waals surface area contributed by atoms with Crippen LogP contribution in [0.15, 0.2) is 28.7 Å². The van der Waals surface area contributed by atoms with Crippen molar-refractivity contribution < 1.29 is 4.79 Å². The van der Waals surface area contributed by atoms with Gasteiger partial charge in [-0.05, 0) is 31.2 Å². The number of pyridine rings is 1. The highest BCUT2D eigenvalue weighted by Crippen LogP contribution is 2.23. The summed E-state index contributed by atoms with van der Waals surface area (Å²) in [5.74, 6) is 0.305. The van der Waals surface area contributed by atoms with E-state index in [-0.39, 0.29) is 28.8 Å². The lowest BCUT2D eigenvalue weighted by Gasteiger charge is -2.09.